The highest BCUT2D eigenvalue weighted by atomic mass is 19.1. The molecule has 0 aliphatic carbocycles. The van der Waals surface area contributed by atoms with E-state index in [1.165, 1.54) is 0 Å². The minimum absolute atomic E-state index is 0.343. The van der Waals surface area contributed by atoms with Crippen molar-refractivity contribution >= 4 is 0 Å². The first-order valence-corrected chi connectivity index (χ1v) is 5.32. The Morgan fingerprint density at radius 1 is 1.31 bits per heavy atom. The molecule has 1 atom stereocenters. The molecule has 2 rings (SSSR count). The van der Waals surface area contributed by atoms with Gasteiger partial charge in [-0.05, 0) is 25.1 Å². The Kier molecular flexibility index (Phi) is 3.01. The lowest BCUT2D eigenvalue weighted by Gasteiger charge is -2.21. The van der Waals surface area contributed by atoms with Crippen LogP contribution in [0.25, 0.3) is 0 Å². The van der Waals surface area contributed by atoms with E-state index in [0.29, 0.717) is 36.6 Å². The molecule has 1 N–H and O–H groups in total. The van der Waals surface area contributed by atoms with E-state index in [2.05, 4.69) is 5.32 Å². The molecule has 0 aromatic heterocycles. The number of ether oxygens (including phenoxy) is 2. The molecule has 0 spiro atoms. The Labute approximate surface area is 94.6 Å². The molecule has 1 aliphatic rings. The third-order valence-corrected chi connectivity index (χ3v) is 2.99. The van der Waals surface area contributed by atoms with E-state index in [-0.39, 0.29) is 0 Å². The molecular formula is C12H16FNO2. The highest BCUT2D eigenvalue weighted by molar-refractivity contribution is 5.44. The standard InChI is InChI=1S/C12H16FNO2/c1-15-9-3-4-10(11(7-9)16-2)12(13)5-6-14-8-12/h3-4,7,14H,5-6,8H2,1-2H3. The van der Waals surface area contributed by atoms with E-state index < -0.39 is 5.67 Å². The number of halogens is 1. The minimum Gasteiger partial charge on any atom is -0.497 e. The lowest BCUT2D eigenvalue weighted by molar-refractivity contribution is 0.186. The van der Waals surface area contributed by atoms with Crippen molar-refractivity contribution in [3.8, 4) is 11.5 Å². The Bertz CT molecular complexity index is 375. The summed E-state index contributed by atoms with van der Waals surface area (Å²) in [7, 11) is 3.13. The Morgan fingerprint density at radius 3 is 2.69 bits per heavy atom. The summed E-state index contributed by atoms with van der Waals surface area (Å²) in [6, 6.07) is 5.22. The van der Waals surface area contributed by atoms with Gasteiger partial charge in [0.05, 0.1) is 14.2 Å². The van der Waals surface area contributed by atoms with Crippen molar-refractivity contribution in [2.45, 2.75) is 12.1 Å². The normalized spacial score (nSPS) is 24.4. The Hall–Kier alpha value is -1.29. The molecule has 16 heavy (non-hydrogen) atoms. The second kappa shape index (κ2) is 4.29. The Morgan fingerprint density at radius 2 is 2.12 bits per heavy atom. The molecule has 1 unspecified atom stereocenters. The first-order chi connectivity index (χ1) is 7.69. The van der Waals surface area contributed by atoms with Crippen LogP contribution in [0, 0.1) is 0 Å². The van der Waals surface area contributed by atoms with Gasteiger partial charge in [0.1, 0.15) is 11.5 Å². The molecule has 1 aromatic carbocycles. The monoisotopic (exact) mass is 225 g/mol. The summed E-state index contributed by atoms with van der Waals surface area (Å²) in [6.07, 6.45) is 0.482. The summed E-state index contributed by atoms with van der Waals surface area (Å²) in [6.45, 7) is 1.04. The van der Waals surface area contributed by atoms with Crippen LogP contribution in [0.2, 0.25) is 0 Å². The van der Waals surface area contributed by atoms with Gasteiger partial charge in [-0.3, -0.25) is 0 Å². The average Bonchev–Trinajstić information content (AvgIpc) is 2.76. The van der Waals surface area contributed by atoms with Crippen LogP contribution < -0.4 is 14.8 Å². The SMILES string of the molecule is COc1ccc(C2(F)CCNC2)c(OC)c1. The topological polar surface area (TPSA) is 30.5 Å². The summed E-state index contributed by atoms with van der Waals surface area (Å²) >= 11 is 0. The van der Waals surface area contributed by atoms with Gasteiger partial charge in [0, 0.05) is 18.2 Å². The number of hydrogen-bond donors (Lipinski definition) is 1. The maximum Gasteiger partial charge on any atom is 0.153 e. The molecule has 4 heteroatoms. The molecule has 88 valence electrons. The molecule has 1 aromatic rings. The van der Waals surface area contributed by atoms with Crippen LogP contribution in [0.1, 0.15) is 12.0 Å². The van der Waals surface area contributed by atoms with E-state index in [1.807, 2.05) is 0 Å². The van der Waals surface area contributed by atoms with Crippen molar-refractivity contribution in [3.05, 3.63) is 23.8 Å². The van der Waals surface area contributed by atoms with Gasteiger partial charge < -0.3 is 14.8 Å². The predicted octanol–water partition coefficient (Wildman–Crippen LogP) is 1.86. The lowest BCUT2D eigenvalue weighted by atomic mass is 9.94. The van der Waals surface area contributed by atoms with Crippen molar-refractivity contribution in [2.24, 2.45) is 0 Å². The molecule has 0 bridgehead atoms. The van der Waals surface area contributed by atoms with Crippen LogP contribution in [0.5, 0.6) is 11.5 Å². The van der Waals surface area contributed by atoms with Gasteiger partial charge in [0.2, 0.25) is 0 Å². The molecular weight excluding hydrogens is 209 g/mol. The van der Waals surface area contributed by atoms with Crippen molar-refractivity contribution in [3.63, 3.8) is 0 Å². The van der Waals surface area contributed by atoms with Gasteiger partial charge >= 0.3 is 0 Å². The van der Waals surface area contributed by atoms with Gasteiger partial charge in [-0.15, -0.1) is 0 Å². The largest absolute Gasteiger partial charge is 0.497 e. The van der Waals surface area contributed by atoms with Gasteiger partial charge in [-0.25, -0.2) is 4.39 Å². The molecule has 1 aliphatic heterocycles. The molecule has 0 amide bonds. The van der Waals surface area contributed by atoms with Gasteiger partial charge in [0.15, 0.2) is 5.67 Å². The maximum absolute atomic E-state index is 14.5. The first kappa shape index (κ1) is 11.2. The summed E-state index contributed by atoms with van der Waals surface area (Å²) < 4.78 is 24.9. The second-order valence-electron chi connectivity index (χ2n) is 3.96. The number of rotatable bonds is 3. The third-order valence-electron chi connectivity index (χ3n) is 2.99. The summed E-state index contributed by atoms with van der Waals surface area (Å²) in [5, 5.41) is 3.03. The average molecular weight is 225 g/mol. The highest BCUT2D eigenvalue weighted by Gasteiger charge is 2.38. The first-order valence-electron chi connectivity index (χ1n) is 5.32. The highest BCUT2D eigenvalue weighted by Crippen LogP contribution is 2.39. The summed E-state index contributed by atoms with van der Waals surface area (Å²) in [4.78, 5) is 0. The fourth-order valence-electron chi connectivity index (χ4n) is 2.06. The van der Waals surface area contributed by atoms with E-state index in [4.69, 9.17) is 9.47 Å². The zero-order valence-corrected chi connectivity index (χ0v) is 9.55. The maximum atomic E-state index is 14.5. The quantitative estimate of drug-likeness (QED) is 0.851. The van der Waals surface area contributed by atoms with Gasteiger partial charge in [-0.2, -0.15) is 0 Å². The van der Waals surface area contributed by atoms with Gasteiger partial charge in [-0.1, -0.05) is 0 Å². The number of methoxy groups -OCH3 is 2. The fourth-order valence-corrected chi connectivity index (χ4v) is 2.06. The van der Waals surface area contributed by atoms with Crippen LogP contribution in [0.3, 0.4) is 0 Å². The Balaban J connectivity index is 2.39. The van der Waals surface area contributed by atoms with Gasteiger partial charge in [0.25, 0.3) is 0 Å². The lowest BCUT2D eigenvalue weighted by Crippen LogP contribution is -2.23. The fraction of sp³-hybridized carbons (Fsp3) is 0.500. The van der Waals surface area contributed by atoms with E-state index >= 15 is 0 Å². The minimum atomic E-state index is -1.32. The van der Waals surface area contributed by atoms with Crippen molar-refractivity contribution in [1.82, 2.24) is 5.32 Å². The molecule has 1 heterocycles. The smallest absolute Gasteiger partial charge is 0.153 e. The third kappa shape index (κ3) is 1.85. The van der Waals surface area contributed by atoms with Crippen molar-refractivity contribution in [1.29, 1.82) is 0 Å². The number of alkyl halides is 1. The van der Waals surface area contributed by atoms with E-state index in [1.54, 1.807) is 32.4 Å². The molecule has 0 radical (unpaired) electrons. The van der Waals surface area contributed by atoms with E-state index in [0.717, 1.165) is 0 Å². The van der Waals surface area contributed by atoms with Crippen LogP contribution in [0.15, 0.2) is 18.2 Å². The number of benzene rings is 1. The van der Waals surface area contributed by atoms with Crippen LogP contribution in [-0.2, 0) is 5.67 Å². The van der Waals surface area contributed by atoms with Crippen LogP contribution in [0.4, 0.5) is 4.39 Å². The number of nitrogens with one attached hydrogen (secondary N) is 1. The van der Waals surface area contributed by atoms with Crippen molar-refractivity contribution < 1.29 is 13.9 Å². The van der Waals surface area contributed by atoms with Crippen molar-refractivity contribution in [2.75, 3.05) is 27.3 Å². The molecule has 3 nitrogen and oxygen atoms in total. The van der Waals surface area contributed by atoms with E-state index in [9.17, 15) is 4.39 Å². The zero-order valence-electron chi connectivity index (χ0n) is 9.55. The molecule has 1 fully saturated rings. The second-order valence-corrected chi connectivity index (χ2v) is 3.96. The van der Waals surface area contributed by atoms with Crippen LogP contribution in [-0.4, -0.2) is 27.3 Å². The van der Waals surface area contributed by atoms with Crippen LogP contribution >= 0.6 is 0 Å². The molecule has 1 saturated heterocycles. The summed E-state index contributed by atoms with van der Waals surface area (Å²) in [5.41, 5.74) is -0.724. The molecule has 0 saturated carbocycles. The summed E-state index contributed by atoms with van der Waals surface area (Å²) in [5.74, 6) is 1.22. The zero-order chi connectivity index (χ0) is 11.6. The number of hydrogen-bond acceptors (Lipinski definition) is 3. The predicted molar refractivity (Wildman–Crippen MR) is 59.8 cm³/mol.